The van der Waals surface area contributed by atoms with Gasteiger partial charge in [-0.1, -0.05) is 20.8 Å². The number of aromatic nitrogens is 5. The lowest BCUT2D eigenvalue weighted by Gasteiger charge is -2.21. The number of nitrogens with zero attached hydrogens (tertiary/aromatic N) is 5. The Bertz CT molecular complexity index is 1170. The van der Waals surface area contributed by atoms with E-state index in [0.29, 0.717) is 12.2 Å². The van der Waals surface area contributed by atoms with Gasteiger partial charge in [-0.2, -0.15) is 8.91 Å². The summed E-state index contributed by atoms with van der Waals surface area (Å²) < 4.78 is 15.5. The smallest absolute Gasteiger partial charge is 0.270 e. The average Bonchev–Trinajstić information content (AvgIpc) is 3.36. The van der Waals surface area contributed by atoms with Gasteiger partial charge in [0.1, 0.15) is 11.5 Å². The molecule has 1 aliphatic rings. The van der Waals surface area contributed by atoms with Crippen LogP contribution in [0.3, 0.4) is 0 Å². The van der Waals surface area contributed by atoms with Crippen molar-refractivity contribution in [1.29, 1.82) is 0 Å². The molecule has 1 amide bonds. The van der Waals surface area contributed by atoms with Crippen LogP contribution >= 0.6 is 0 Å². The van der Waals surface area contributed by atoms with Crippen LogP contribution in [0.4, 0.5) is 16.0 Å². The molecule has 0 unspecified atom stereocenters. The molecule has 3 N–H and O–H groups in total. The summed E-state index contributed by atoms with van der Waals surface area (Å²) in [6, 6.07) is 1.57. The van der Waals surface area contributed by atoms with Crippen LogP contribution in [0.2, 0.25) is 0 Å². The number of halogens is 1. The molecule has 11 heteroatoms. The molecular weight excluding hydrogens is 393 g/mol. The number of anilines is 2. The fraction of sp³-hybridized carbons (Fsp3) is 0.421. The zero-order chi connectivity index (χ0) is 21.6. The van der Waals surface area contributed by atoms with E-state index in [1.54, 1.807) is 6.07 Å². The molecule has 0 aliphatic heterocycles. The number of carbonyl (C=O) groups is 1. The highest BCUT2D eigenvalue weighted by atomic mass is 19.1. The number of hydrogen-bond acceptors (Lipinski definition) is 7. The molecule has 10 nitrogen and oxygen atoms in total. The Balaban J connectivity index is 1.83. The van der Waals surface area contributed by atoms with E-state index in [0.717, 1.165) is 23.6 Å². The second-order valence-electron chi connectivity index (χ2n) is 8.55. The van der Waals surface area contributed by atoms with Gasteiger partial charge in [0, 0.05) is 18.7 Å². The summed E-state index contributed by atoms with van der Waals surface area (Å²) in [5.41, 5.74) is -0.935. The largest absolute Gasteiger partial charge is 0.492 e. The van der Waals surface area contributed by atoms with E-state index < -0.39 is 23.3 Å². The van der Waals surface area contributed by atoms with Gasteiger partial charge in [0.2, 0.25) is 11.8 Å². The van der Waals surface area contributed by atoms with Crippen LogP contribution < -0.4 is 16.2 Å². The summed E-state index contributed by atoms with van der Waals surface area (Å²) in [6.07, 6.45) is 3.83. The molecule has 4 rings (SSSR count). The summed E-state index contributed by atoms with van der Waals surface area (Å²) in [6.45, 7) is 6.16. The number of aromatic hydroxyl groups is 1. The van der Waals surface area contributed by atoms with Gasteiger partial charge in [-0.3, -0.25) is 14.2 Å². The monoisotopic (exact) mass is 415 g/mol. The topological polar surface area (TPSA) is 126 Å². The van der Waals surface area contributed by atoms with Crippen LogP contribution in [0.5, 0.6) is 5.88 Å². The molecule has 3 aromatic heterocycles. The second kappa shape index (κ2) is 7.08. The minimum absolute atomic E-state index is 0.0231. The molecule has 0 radical (unpaired) electrons. The maximum atomic E-state index is 13.1. The van der Waals surface area contributed by atoms with Gasteiger partial charge >= 0.3 is 0 Å². The summed E-state index contributed by atoms with van der Waals surface area (Å²) in [4.78, 5) is 33.2. The maximum absolute atomic E-state index is 13.1. The average molecular weight is 415 g/mol. The molecule has 0 saturated heterocycles. The first-order chi connectivity index (χ1) is 14.1. The van der Waals surface area contributed by atoms with Gasteiger partial charge in [0.05, 0.1) is 12.4 Å². The van der Waals surface area contributed by atoms with Crippen LogP contribution in [0.1, 0.15) is 44.0 Å². The lowest BCUT2D eigenvalue weighted by Crippen LogP contribution is -2.37. The fourth-order valence-electron chi connectivity index (χ4n) is 3.04. The normalized spacial score (nSPS) is 14.1. The molecule has 30 heavy (non-hydrogen) atoms. The zero-order valence-corrected chi connectivity index (χ0v) is 16.8. The highest BCUT2D eigenvalue weighted by Crippen LogP contribution is 2.25. The van der Waals surface area contributed by atoms with E-state index >= 15 is 0 Å². The molecule has 3 aromatic rings. The summed E-state index contributed by atoms with van der Waals surface area (Å²) in [7, 11) is 0. The molecular formula is C19H22FN7O3. The minimum Gasteiger partial charge on any atom is -0.492 e. The second-order valence-corrected chi connectivity index (χ2v) is 8.55. The van der Waals surface area contributed by atoms with E-state index in [2.05, 4.69) is 25.7 Å². The Morgan fingerprint density at radius 3 is 2.60 bits per heavy atom. The molecule has 1 fully saturated rings. The predicted molar refractivity (Wildman–Crippen MR) is 106 cm³/mol. The highest BCUT2D eigenvalue weighted by Gasteiger charge is 2.30. The molecule has 158 valence electrons. The Morgan fingerprint density at radius 2 is 2.00 bits per heavy atom. The lowest BCUT2D eigenvalue weighted by molar-refractivity contribution is 0.0944. The third-order valence-corrected chi connectivity index (χ3v) is 4.50. The van der Waals surface area contributed by atoms with Crippen molar-refractivity contribution in [3.05, 3.63) is 40.3 Å². The molecule has 3 heterocycles. The third-order valence-electron chi connectivity index (χ3n) is 4.50. The van der Waals surface area contributed by atoms with E-state index in [4.69, 9.17) is 0 Å². The van der Waals surface area contributed by atoms with Gasteiger partial charge in [-0.25, -0.2) is 9.97 Å². The highest BCUT2D eigenvalue weighted by molar-refractivity contribution is 5.96. The Hall–Kier alpha value is -3.50. The van der Waals surface area contributed by atoms with E-state index in [1.165, 1.54) is 10.8 Å². The van der Waals surface area contributed by atoms with Crippen molar-refractivity contribution in [2.75, 3.05) is 5.32 Å². The van der Waals surface area contributed by atoms with Crippen LogP contribution in [0.15, 0.2) is 23.3 Å². The van der Waals surface area contributed by atoms with Crippen molar-refractivity contribution in [2.45, 2.75) is 46.2 Å². The van der Waals surface area contributed by atoms with Gasteiger partial charge in [-0.05, 0) is 18.3 Å². The lowest BCUT2D eigenvalue weighted by atomic mass is 9.97. The first-order valence-electron chi connectivity index (χ1n) is 9.53. The van der Waals surface area contributed by atoms with Crippen LogP contribution in [0, 0.1) is 11.4 Å². The van der Waals surface area contributed by atoms with Crippen molar-refractivity contribution >= 4 is 23.2 Å². The first-order valence-corrected chi connectivity index (χ1v) is 9.53. The van der Waals surface area contributed by atoms with E-state index in [9.17, 15) is 19.1 Å². The van der Waals surface area contributed by atoms with Crippen molar-refractivity contribution in [2.24, 2.45) is 5.41 Å². The molecule has 0 aromatic carbocycles. The van der Waals surface area contributed by atoms with Crippen LogP contribution in [0.25, 0.3) is 5.65 Å². The van der Waals surface area contributed by atoms with Crippen LogP contribution in [-0.4, -0.2) is 41.2 Å². The third kappa shape index (κ3) is 3.95. The first kappa shape index (κ1) is 19.8. The molecule has 0 spiro atoms. The Morgan fingerprint density at radius 1 is 1.27 bits per heavy atom. The maximum Gasteiger partial charge on any atom is 0.270 e. The van der Waals surface area contributed by atoms with Crippen molar-refractivity contribution in [3.8, 4) is 5.88 Å². The molecule has 1 saturated carbocycles. The Kier molecular flexibility index (Phi) is 4.67. The summed E-state index contributed by atoms with van der Waals surface area (Å²) >= 11 is 0. The minimum atomic E-state index is -0.724. The quantitative estimate of drug-likeness (QED) is 0.580. The number of rotatable bonds is 5. The Labute approximate surface area is 170 Å². The summed E-state index contributed by atoms with van der Waals surface area (Å²) in [5, 5.41) is 20.5. The van der Waals surface area contributed by atoms with E-state index in [-0.39, 0.29) is 28.7 Å². The fourth-order valence-corrected chi connectivity index (χ4v) is 3.04. The van der Waals surface area contributed by atoms with Gasteiger partial charge in [-0.15, -0.1) is 5.10 Å². The SMILES string of the molecule is CC(C)(C)Cn1c(=O)c(C(=O)NC2CC2)c(O)n2nc(Nc3cnc(F)cn3)cc12. The number of amides is 1. The predicted octanol–water partition coefficient (Wildman–Crippen LogP) is 1.81. The number of nitrogens with one attached hydrogen (secondary N) is 2. The summed E-state index contributed by atoms with van der Waals surface area (Å²) in [5.74, 6) is -1.42. The number of hydrogen-bond donors (Lipinski definition) is 3. The van der Waals surface area contributed by atoms with Crippen LogP contribution in [-0.2, 0) is 6.54 Å². The van der Waals surface area contributed by atoms with Gasteiger partial charge in [0.15, 0.2) is 11.4 Å². The van der Waals surface area contributed by atoms with E-state index in [1.807, 2.05) is 20.8 Å². The van der Waals surface area contributed by atoms with Crippen molar-refractivity contribution in [1.82, 2.24) is 29.5 Å². The zero-order valence-electron chi connectivity index (χ0n) is 16.8. The molecule has 0 bridgehead atoms. The van der Waals surface area contributed by atoms with Crippen molar-refractivity contribution in [3.63, 3.8) is 0 Å². The standard InChI is InChI=1S/C19H22FN7O3/c1-19(2,3)9-26-14-6-12(24-13-8-21-11(20)7-22-13)25-27(14)18(30)15(17(26)29)16(28)23-10-4-5-10/h6-8,10,30H,4-5,9H2,1-3H3,(H,23,28)(H,22,24,25). The van der Waals surface area contributed by atoms with Gasteiger partial charge < -0.3 is 15.7 Å². The molecule has 1 aliphatic carbocycles. The number of carbonyl (C=O) groups excluding carboxylic acids is 1. The number of fused-ring (bicyclic) bond motifs is 1. The van der Waals surface area contributed by atoms with Gasteiger partial charge in [0.25, 0.3) is 11.5 Å². The molecule has 0 atom stereocenters. The van der Waals surface area contributed by atoms with Crippen molar-refractivity contribution < 1.29 is 14.3 Å².